The lowest BCUT2D eigenvalue weighted by Gasteiger charge is -2.44. The summed E-state index contributed by atoms with van der Waals surface area (Å²) in [6.45, 7) is 6.71. The molecule has 10 heteroatoms. The Morgan fingerprint density at radius 3 is 2.42 bits per heavy atom. The summed E-state index contributed by atoms with van der Waals surface area (Å²) in [7, 11) is 0. The van der Waals surface area contributed by atoms with Crippen LogP contribution >= 0.6 is 15.9 Å². The van der Waals surface area contributed by atoms with Crippen molar-refractivity contribution in [3.63, 3.8) is 0 Å². The van der Waals surface area contributed by atoms with Crippen molar-refractivity contribution in [1.82, 2.24) is 15.3 Å². The maximum absolute atomic E-state index is 12.8. The Balaban J connectivity index is 1.44. The second kappa shape index (κ2) is 10.4. The van der Waals surface area contributed by atoms with E-state index >= 15 is 0 Å². The smallest absolute Gasteiger partial charge is 0.405 e. The number of hydrogen-bond donors (Lipinski definition) is 2. The van der Waals surface area contributed by atoms with Crippen LogP contribution in [0.4, 0.5) is 24.9 Å². The molecule has 0 aliphatic heterocycles. The molecule has 0 atom stereocenters. The van der Waals surface area contributed by atoms with Crippen molar-refractivity contribution in [3.8, 4) is 5.75 Å². The zero-order valence-electron chi connectivity index (χ0n) is 20.6. The average molecular weight is 566 g/mol. The third kappa shape index (κ3) is 6.39. The SMILES string of the molecule is CC(C)(C)N(c1nc(N)c2ccccc2n1)C1CCC(NCc2ccc(Br)cc2OC(F)(F)F)CC1. The Morgan fingerprint density at radius 1 is 1.06 bits per heavy atom. The first-order chi connectivity index (χ1) is 16.9. The summed E-state index contributed by atoms with van der Waals surface area (Å²) in [5.74, 6) is 0.897. The highest BCUT2D eigenvalue weighted by molar-refractivity contribution is 9.10. The van der Waals surface area contributed by atoms with E-state index in [4.69, 9.17) is 10.7 Å². The minimum atomic E-state index is -4.74. The number of halogens is 4. The summed E-state index contributed by atoms with van der Waals surface area (Å²) >= 11 is 3.21. The van der Waals surface area contributed by atoms with Gasteiger partial charge in [0.05, 0.1) is 5.52 Å². The lowest BCUT2D eigenvalue weighted by atomic mass is 9.87. The number of aromatic nitrogens is 2. The van der Waals surface area contributed by atoms with Crippen molar-refractivity contribution in [1.29, 1.82) is 0 Å². The van der Waals surface area contributed by atoms with Crippen molar-refractivity contribution in [2.75, 3.05) is 10.6 Å². The average Bonchev–Trinajstić information content (AvgIpc) is 2.78. The standard InChI is InChI=1S/C26H31BrF3N5O/c1-25(2,3)35(24-33-21-7-5-4-6-20(21)23(31)34-24)19-12-10-18(11-13-19)32-15-16-8-9-17(27)14-22(16)36-26(28,29)30/h4-9,14,18-19,32H,10-13,15H2,1-3H3,(H2,31,33,34). The van der Waals surface area contributed by atoms with E-state index < -0.39 is 6.36 Å². The van der Waals surface area contributed by atoms with Crippen LogP contribution in [-0.4, -0.2) is 34.0 Å². The highest BCUT2D eigenvalue weighted by Crippen LogP contribution is 2.34. The first kappa shape index (κ1) is 26.5. The molecule has 0 amide bonds. The summed E-state index contributed by atoms with van der Waals surface area (Å²) in [5.41, 5.74) is 7.33. The van der Waals surface area contributed by atoms with Gasteiger partial charge in [-0.3, -0.25) is 0 Å². The molecule has 1 aliphatic rings. The minimum Gasteiger partial charge on any atom is -0.405 e. The maximum Gasteiger partial charge on any atom is 0.573 e. The molecule has 0 radical (unpaired) electrons. The summed E-state index contributed by atoms with van der Waals surface area (Å²) in [6.07, 6.45) is -1.18. The molecule has 1 fully saturated rings. The Hall–Kier alpha value is -2.59. The zero-order valence-corrected chi connectivity index (χ0v) is 22.2. The predicted octanol–water partition coefficient (Wildman–Crippen LogP) is 6.58. The molecule has 1 aromatic heterocycles. The van der Waals surface area contributed by atoms with Gasteiger partial charge in [0, 0.05) is 39.6 Å². The first-order valence-electron chi connectivity index (χ1n) is 12.0. The third-order valence-corrected chi connectivity index (χ3v) is 6.95. The van der Waals surface area contributed by atoms with Crippen LogP contribution in [0.1, 0.15) is 52.0 Å². The van der Waals surface area contributed by atoms with E-state index in [0.717, 1.165) is 36.6 Å². The summed E-state index contributed by atoms with van der Waals surface area (Å²) in [5, 5.41) is 4.26. The van der Waals surface area contributed by atoms with E-state index in [1.54, 1.807) is 12.1 Å². The molecule has 0 unspecified atom stereocenters. The number of alkyl halides is 3. The molecule has 36 heavy (non-hydrogen) atoms. The fourth-order valence-electron chi connectivity index (χ4n) is 4.89. The third-order valence-electron chi connectivity index (χ3n) is 6.46. The largest absolute Gasteiger partial charge is 0.573 e. The normalized spacial score (nSPS) is 18.9. The predicted molar refractivity (Wildman–Crippen MR) is 140 cm³/mol. The van der Waals surface area contributed by atoms with Gasteiger partial charge in [0.25, 0.3) is 0 Å². The molecule has 4 rings (SSSR count). The topological polar surface area (TPSA) is 76.3 Å². The quantitative estimate of drug-likeness (QED) is 0.351. The van der Waals surface area contributed by atoms with E-state index in [0.29, 0.717) is 28.3 Å². The number of hydrogen-bond acceptors (Lipinski definition) is 6. The number of nitrogen functional groups attached to an aromatic ring is 1. The van der Waals surface area contributed by atoms with Gasteiger partial charge in [-0.05, 0) is 70.7 Å². The number of ether oxygens (including phenoxy) is 1. The zero-order chi connectivity index (χ0) is 26.1. The van der Waals surface area contributed by atoms with E-state index in [1.807, 2.05) is 24.3 Å². The van der Waals surface area contributed by atoms with Crippen LogP contribution < -0.4 is 20.7 Å². The van der Waals surface area contributed by atoms with Gasteiger partial charge < -0.3 is 20.7 Å². The van der Waals surface area contributed by atoms with Gasteiger partial charge in [0.2, 0.25) is 5.95 Å². The second-order valence-electron chi connectivity index (χ2n) is 10.2. The van der Waals surface area contributed by atoms with Crippen molar-refractivity contribution in [2.45, 2.75) is 77.0 Å². The van der Waals surface area contributed by atoms with Gasteiger partial charge in [0.15, 0.2) is 0 Å². The molecule has 6 nitrogen and oxygen atoms in total. The molecule has 1 aliphatic carbocycles. The minimum absolute atomic E-state index is 0.188. The van der Waals surface area contributed by atoms with Gasteiger partial charge >= 0.3 is 6.36 Å². The molecule has 194 valence electrons. The van der Waals surface area contributed by atoms with E-state index in [-0.39, 0.29) is 23.4 Å². The number of nitrogens with two attached hydrogens (primary N) is 1. The van der Waals surface area contributed by atoms with Crippen LogP contribution in [-0.2, 0) is 6.54 Å². The van der Waals surface area contributed by atoms with E-state index in [9.17, 15) is 13.2 Å². The second-order valence-corrected chi connectivity index (χ2v) is 11.1. The number of benzene rings is 2. The lowest BCUT2D eigenvalue weighted by molar-refractivity contribution is -0.274. The fourth-order valence-corrected chi connectivity index (χ4v) is 5.23. The van der Waals surface area contributed by atoms with Crippen LogP contribution in [0.3, 0.4) is 0 Å². The molecule has 1 saturated carbocycles. The maximum atomic E-state index is 12.8. The molecular weight excluding hydrogens is 535 g/mol. The summed E-state index contributed by atoms with van der Waals surface area (Å²) in [6, 6.07) is 12.8. The van der Waals surface area contributed by atoms with E-state index in [1.165, 1.54) is 6.07 Å². The molecular formula is C26H31BrF3N5O. The molecule has 0 bridgehead atoms. The number of rotatable bonds is 6. The summed E-state index contributed by atoms with van der Waals surface area (Å²) in [4.78, 5) is 11.7. The van der Waals surface area contributed by atoms with Crippen LogP contribution in [0, 0.1) is 0 Å². The van der Waals surface area contributed by atoms with Gasteiger partial charge in [-0.2, -0.15) is 4.98 Å². The number of nitrogens with one attached hydrogen (secondary N) is 1. The number of nitrogens with zero attached hydrogens (tertiary/aromatic N) is 3. The number of fused-ring (bicyclic) bond motifs is 1. The van der Waals surface area contributed by atoms with Crippen LogP contribution in [0.15, 0.2) is 46.9 Å². The van der Waals surface area contributed by atoms with E-state index in [2.05, 4.69) is 56.6 Å². The molecule has 2 aromatic carbocycles. The lowest BCUT2D eigenvalue weighted by Crippen LogP contribution is -2.52. The summed E-state index contributed by atoms with van der Waals surface area (Å²) < 4.78 is 43.3. The molecule has 0 saturated heterocycles. The Kier molecular flexibility index (Phi) is 7.66. The van der Waals surface area contributed by atoms with Crippen LogP contribution in [0.2, 0.25) is 0 Å². The molecule has 3 aromatic rings. The fraction of sp³-hybridized carbons (Fsp3) is 0.462. The van der Waals surface area contributed by atoms with Gasteiger partial charge in [-0.1, -0.05) is 34.1 Å². The number of anilines is 2. The van der Waals surface area contributed by atoms with Gasteiger partial charge in [-0.15, -0.1) is 13.2 Å². The van der Waals surface area contributed by atoms with Gasteiger partial charge in [-0.25, -0.2) is 4.98 Å². The first-order valence-corrected chi connectivity index (χ1v) is 12.8. The monoisotopic (exact) mass is 565 g/mol. The Morgan fingerprint density at radius 2 is 1.75 bits per heavy atom. The van der Waals surface area contributed by atoms with Gasteiger partial charge in [0.1, 0.15) is 11.6 Å². The number of para-hydroxylation sites is 1. The van der Waals surface area contributed by atoms with Crippen molar-refractivity contribution < 1.29 is 17.9 Å². The molecule has 1 heterocycles. The van der Waals surface area contributed by atoms with Crippen LogP contribution in [0.25, 0.3) is 10.9 Å². The Labute approximate surface area is 217 Å². The van der Waals surface area contributed by atoms with Crippen molar-refractivity contribution in [2.24, 2.45) is 0 Å². The Bertz CT molecular complexity index is 1210. The van der Waals surface area contributed by atoms with Crippen LogP contribution in [0.5, 0.6) is 5.75 Å². The van der Waals surface area contributed by atoms with Crippen molar-refractivity contribution in [3.05, 3.63) is 52.5 Å². The van der Waals surface area contributed by atoms with Crippen molar-refractivity contribution >= 4 is 38.6 Å². The highest BCUT2D eigenvalue weighted by Gasteiger charge is 2.35. The molecule has 3 N–H and O–H groups in total. The highest BCUT2D eigenvalue weighted by atomic mass is 79.9. The molecule has 0 spiro atoms.